The minimum atomic E-state index is -3.69. The van der Waals surface area contributed by atoms with Gasteiger partial charge in [-0.1, -0.05) is 25.1 Å². The molecule has 2 aromatic rings. The summed E-state index contributed by atoms with van der Waals surface area (Å²) in [4.78, 5) is 13.0. The number of anilines is 2. The van der Waals surface area contributed by atoms with E-state index in [-0.39, 0.29) is 5.91 Å². The van der Waals surface area contributed by atoms with E-state index in [1.807, 2.05) is 32.0 Å². The number of aryl methyl sites for hydroxylation is 1. The van der Waals surface area contributed by atoms with Crippen LogP contribution in [0.4, 0.5) is 11.4 Å². The Balaban J connectivity index is 2.43. The van der Waals surface area contributed by atoms with E-state index in [1.54, 1.807) is 31.2 Å². The summed E-state index contributed by atoms with van der Waals surface area (Å²) in [6, 6.07) is 11.4. The summed E-state index contributed by atoms with van der Waals surface area (Å²) in [6.07, 6.45) is 1.42. The third kappa shape index (κ3) is 4.80. The number of ether oxygens (including phenoxy) is 1. The van der Waals surface area contributed by atoms with Crippen LogP contribution in [0.25, 0.3) is 0 Å². The molecule has 0 aliphatic heterocycles. The SMILES string of the molecule is CC[C@@H](C(=O)Nc1cccc(C)c1C)N(c1cccc(OC)c1)S(C)(=O)=O. The zero-order valence-corrected chi connectivity index (χ0v) is 17.1. The molecule has 0 unspecified atom stereocenters. The van der Waals surface area contributed by atoms with E-state index in [1.165, 1.54) is 7.11 Å². The molecule has 27 heavy (non-hydrogen) atoms. The van der Waals surface area contributed by atoms with Gasteiger partial charge in [-0.3, -0.25) is 9.10 Å². The van der Waals surface area contributed by atoms with Crippen LogP contribution in [0, 0.1) is 13.8 Å². The van der Waals surface area contributed by atoms with Crippen molar-refractivity contribution in [1.29, 1.82) is 0 Å². The summed E-state index contributed by atoms with van der Waals surface area (Å²) in [6.45, 7) is 5.66. The Hall–Kier alpha value is -2.54. The Bertz CT molecular complexity index is 925. The second-order valence-electron chi connectivity index (χ2n) is 6.42. The van der Waals surface area contributed by atoms with Crippen LogP contribution in [0.5, 0.6) is 5.75 Å². The number of amides is 1. The molecule has 0 heterocycles. The summed E-state index contributed by atoms with van der Waals surface area (Å²) in [5, 5.41) is 2.88. The minimum absolute atomic E-state index is 0.320. The molecule has 7 heteroatoms. The molecule has 2 aromatic carbocycles. The topological polar surface area (TPSA) is 75.7 Å². The lowest BCUT2D eigenvalue weighted by Gasteiger charge is -2.30. The Morgan fingerprint density at radius 1 is 1.19 bits per heavy atom. The molecular formula is C20H26N2O4S. The predicted molar refractivity (Wildman–Crippen MR) is 109 cm³/mol. The van der Waals surface area contributed by atoms with Crippen molar-refractivity contribution in [3.8, 4) is 5.75 Å². The number of hydrogen-bond donors (Lipinski definition) is 1. The molecule has 6 nitrogen and oxygen atoms in total. The summed E-state index contributed by atoms with van der Waals surface area (Å²) in [5.41, 5.74) is 3.07. The molecule has 1 amide bonds. The molecule has 0 aliphatic rings. The van der Waals surface area contributed by atoms with Crippen LogP contribution in [0.1, 0.15) is 24.5 Å². The fourth-order valence-corrected chi connectivity index (χ4v) is 4.11. The minimum Gasteiger partial charge on any atom is -0.497 e. The zero-order valence-electron chi connectivity index (χ0n) is 16.3. The summed E-state index contributed by atoms with van der Waals surface area (Å²) >= 11 is 0. The summed E-state index contributed by atoms with van der Waals surface area (Å²) < 4.78 is 31.4. The third-order valence-corrected chi connectivity index (χ3v) is 5.68. The van der Waals surface area contributed by atoms with Gasteiger partial charge >= 0.3 is 0 Å². The van der Waals surface area contributed by atoms with Crippen molar-refractivity contribution in [1.82, 2.24) is 0 Å². The Labute approximate surface area is 161 Å². The van der Waals surface area contributed by atoms with Crippen LogP contribution in [0.2, 0.25) is 0 Å². The van der Waals surface area contributed by atoms with Gasteiger partial charge in [-0.2, -0.15) is 0 Å². The second kappa shape index (κ2) is 8.43. The number of nitrogens with one attached hydrogen (secondary N) is 1. The molecular weight excluding hydrogens is 364 g/mol. The van der Waals surface area contributed by atoms with Gasteiger partial charge in [-0.25, -0.2) is 8.42 Å². The molecule has 0 spiro atoms. The van der Waals surface area contributed by atoms with Crippen molar-refractivity contribution in [2.75, 3.05) is 23.0 Å². The lowest BCUT2D eigenvalue weighted by Crippen LogP contribution is -2.47. The van der Waals surface area contributed by atoms with Crippen molar-refractivity contribution < 1.29 is 17.9 Å². The highest BCUT2D eigenvalue weighted by molar-refractivity contribution is 7.92. The number of rotatable bonds is 7. The molecule has 0 radical (unpaired) electrons. The van der Waals surface area contributed by atoms with E-state index in [0.717, 1.165) is 21.7 Å². The number of hydrogen-bond acceptors (Lipinski definition) is 4. The largest absolute Gasteiger partial charge is 0.497 e. The van der Waals surface area contributed by atoms with Crippen molar-refractivity contribution in [2.24, 2.45) is 0 Å². The maximum Gasteiger partial charge on any atom is 0.248 e. The molecule has 1 atom stereocenters. The van der Waals surface area contributed by atoms with Crippen molar-refractivity contribution in [3.05, 3.63) is 53.6 Å². The Kier molecular flexibility index (Phi) is 6.49. The molecule has 146 valence electrons. The van der Waals surface area contributed by atoms with Gasteiger partial charge in [-0.15, -0.1) is 0 Å². The van der Waals surface area contributed by atoms with Gasteiger partial charge in [-0.05, 0) is 49.6 Å². The average molecular weight is 391 g/mol. The highest BCUT2D eigenvalue weighted by Crippen LogP contribution is 2.27. The van der Waals surface area contributed by atoms with E-state index in [9.17, 15) is 13.2 Å². The molecule has 0 saturated carbocycles. The first-order valence-corrected chi connectivity index (χ1v) is 10.5. The van der Waals surface area contributed by atoms with Gasteiger partial charge in [0, 0.05) is 11.8 Å². The summed E-state index contributed by atoms with van der Waals surface area (Å²) in [7, 11) is -2.18. The maximum absolute atomic E-state index is 13.0. The van der Waals surface area contributed by atoms with Crippen LogP contribution < -0.4 is 14.4 Å². The van der Waals surface area contributed by atoms with Crippen molar-refractivity contribution >= 4 is 27.3 Å². The van der Waals surface area contributed by atoms with Gasteiger partial charge in [0.2, 0.25) is 15.9 Å². The first kappa shape index (κ1) is 20.8. The Morgan fingerprint density at radius 2 is 1.85 bits per heavy atom. The van der Waals surface area contributed by atoms with E-state index in [0.29, 0.717) is 23.5 Å². The van der Waals surface area contributed by atoms with Crippen LogP contribution in [-0.2, 0) is 14.8 Å². The van der Waals surface area contributed by atoms with Gasteiger partial charge in [0.05, 0.1) is 19.1 Å². The molecule has 2 rings (SSSR count). The smallest absolute Gasteiger partial charge is 0.248 e. The van der Waals surface area contributed by atoms with Gasteiger partial charge in [0.1, 0.15) is 11.8 Å². The van der Waals surface area contributed by atoms with Gasteiger partial charge in [0.15, 0.2) is 0 Å². The molecule has 0 fully saturated rings. The van der Waals surface area contributed by atoms with Crippen LogP contribution >= 0.6 is 0 Å². The third-order valence-electron chi connectivity index (χ3n) is 4.50. The lowest BCUT2D eigenvalue weighted by atomic mass is 10.1. The number of nitrogens with zero attached hydrogens (tertiary/aromatic N) is 1. The van der Waals surface area contributed by atoms with E-state index in [2.05, 4.69) is 5.32 Å². The quantitative estimate of drug-likeness (QED) is 0.785. The van der Waals surface area contributed by atoms with Crippen LogP contribution in [-0.4, -0.2) is 33.7 Å². The van der Waals surface area contributed by atoms with Crippen LogP contribution in [0.3, 0.4) is 0 Å². The predicted octanol–water partition coefficient (Wildman–Crippen LogP) is 3.50. The normalized spacial score (nSPS) is 12.3. The van der Waals surface area contributed by atoms with E-state index in [4.69, 9.17) is 4.74 Å². The number of benzene rings is 2. The summed E-state index contributed by atoms with van der Waals surface area (Å²) in [5.74, 6) is 0.144. The zero-order chi connectivity index (χ0) is 20.2. The molecule has 0 aromatic heterocycles. The molecule has 0 saturated heterocycles. The first-order chi connectivity index (χ1) is 12.7. The average Bonchev–Trinajstić information content (AvgIpc) is 2.62. The van der Waals surface area contributed by atoms with Gasteiger partial charge < -0.3 is 10.1 Å². The molecule has 0 bridgehead atoms. The fraction of sp³-hybridized carbons (Fsp3) is 0.350. The van der Waals surface area contributed by atoms with Crippen molar-refractivity contribution in [2.45, 2.75) is 33.2 Å². The van der Waals surface area contributed by atoms with E-state index >= 15 is 0 Å². The van der Waals surface area contributed by atoms with Crippen molar-refractivity contribution in [3.63, 3.8) is 0 Å². The number of sulfonamides is 1. The molecule has 0 aliphatic carbocycles. The van der Waals surface area contributed by atoms with Gasteiger partial charge in [0.25, 0.3) is 0 Å². The number of methoxy groups -OCH3 is 1. The fourth-order valence-electron chi connectivity index (χ4n) is 2.91. The highest BCUT2D eigenvalue weighted by atomic mass is 32.2. The standard InChI is InChI=1S/C20H26N2O4S/c1-6-19(20(23)21-18-12-7-9-14(2)15(18)3)22(27(5,24)25)16-10-8-11-17(13-16)26-4/h7-13,19H,6H2,1-5H3,(H,21,23)/t19-/m0/s1. The first-order valence-electron chi connectivity index (χ1n) is 8.69. The highest BCUT2D eigenvalue weighted by Gasteiger charge is 2.32. The second-order valence-corrected chi connectivity index (χ2v) is 8.28. The lowest BCUT2D eigenvalue weighted by molar-refractivity contribution is -0.117. The maximum atomic E-state index is 13.0. The monoisotopic (exact) mass is 390 g/mol. The number of carbonyl (C=O) groups excluding carboxylic acids is 1. The Morgan fingerprint density at radius 3 is 2.44 bits per heavy atom. The number of carbonyl (C=O) groups is 1. The van der Waals surface area contributed by atoms with Crippen LogP contribution in [0.15, 0.2) is 42.5 Å². The molecule has 1 N–H and O–H groups in total. The van der Waals surface area contributed by atoms with E-state index < -0.39 is 16.1 Å².